The first-order valence-electron chi connectivity index (χ1n) is 6.91. The lowest BCUT2D eigenvalue weighted by atomic mass is 9.93. The van der Waals surface area contributed by atoms with Crippen molar-refractivity contribution in [3.63, 3.8) is 0 Å². The molecule has 1 aliphatic carbocycles. The highest BCUT2D eigenvalue weighted by Gasteiger charge is 2.15. The first kappa shape index (κ1) is 11.5. The molecule has 0 aromatic carbocycles. The first-order valence-corrected chi connectivity index (χ1v) is 7.79. The second kappa shape index (κ2) is 5.36. The van der Waals surface area contributed by atoms with E-state index < -0.39 is 0 Å². The second-order valence-corrected chi connectivity index (χ2v) is 6.20. The van der Waals surface area contributed by atoms with Crippen molar-refractivity contribution in [2.45, 2.75) is 38.5 Å². The van der Waals surface area contributed by atoms with Crippen molar-refractivity contribution in [3.05, 3.63) is 28.0 Å². The lowest BCUT2D eigenvalue weighted by Crippen LogP contribution is -2.29. The quantitative estimate of drug-likeness (QED) is 0.765. The third-order valence-corrected chi connectivity index (χ3v) is 4.97. The van der Waals surface area contributed by atoms with Crippen molar-refractivity contribution in [3.8, 4) is 0 Å². The fourth-order valence-corrected chi connectivity index (χ4v) is 3.94. The van der Waals surface area contributed by atoms with E-state index in [-0.39, 0.29) is 0 Å². The van der Waals surface area contributed by atoms with E-state index >= 15 is 0 Å². The van der Waals surface area contributed by atoms with Gasteiger partial charge in [0.25, 0.3) is 0 Å². The zero-order chi connectivity index (χ0) is 11.5. The Morgan fingerprint density at radius 3 is 2.88 bits per heavy atom. The van der Waals surface area contributed by atoms with Crippen LogP contribution in [0.5, 0.6) is 0 Å². The third kappa shape index (κ3) is 2.63. The molecule has 1 fully saturated rings. The summed E-state index contributed by atoms with van der Waals surface area (Å²) in [5.41, 5.74) is 3.16. The maximum Gasteiger partial charge on any atom is 0.0169 e. The van der Waals surface area contributed by atoms with Crippen LogP contribution < -0.4 is 0 Å². The van der Waals surface area contributed by atoms with Gasteiger partial charge in [0.1, 0.15) is 0 Å². The molecule has 1 aromatic heterocycles. The highest BCUT2D eigenvalue weighted by Crippen LogP contribution is 2.34. The summed E-state index contributed by atoms with van der Waals surface area (Å²) in [6.45, 7) is 3.78. The monoisotopic (exact) mass is 247 g/mol. The Morgan fingerprint density at radius 2 is 2.00 bits per heavy atom. The number of nitrogens with zero attached hydrogens (tertiary/aromatic N) is 1. The van der Waals surface area contributed by atoms with Crippen molar-refractivity contribution in [2.24, 2.45) is 0 Å². The molecule has 0 N–H and O–H groups in total. The van der Waals surface area contributed by atoms with E-state index in [1.807, 2.05) is 11.3 Å². The smallest absolute Gasteiger partial charge is 0.0169 e. The number of rotatable bonds is 2. The molecule has 0 atom stereocenters. The van der Waals surface area contributed by atoms with Gasteiger partial charge in [-0.2, -0.15) is 0 Å². The Hall–Kier alpha value is -0.600. The van der Waals surface area contributed by atoms with E-state index in [1.54, 1.807) is 16.0 Å². The lowest BCUT2D eigenvalue weighted by molar-refractivity contribution is 0.251. The molecular formula is C15H21NS. The molecule has 1 aromatic rings. The molecule has 0 bridgehead atoms. The van der Waals surface area contributed by atoms with Gasteiger partial charge in [0, 0.05) is 11.4 Å². The van der Waals surface area contributed by atoms with E-state index in [4.69, 9.17) is 0 Å². The van der Waals surface area contributed by atoms with E-state index in [1.165, 1.54) is 58.2 Å². The lowest BCUT2D eigenvalue weighted by Gasteiger charge is -2.26. The molecule has 0 radical (unpaired) electrons. The largest absolute Gasteiger partial charge is 0.300 e. The van der Waals surface area contributed by atoms with Gasteiger partial charge >= 0.3 is 0 Å². The molecule has 0 unspecified atom stereocenters. The molecule has 0 spiro atoms. The molecule has 2 heteroatoms. The molecule has 1 aliphatic heterocycles. The zero-order valence-corrected chi connectivity index (χ0v) is 11.3. The fraction of sp³-hybridized carbons (Fsp3) is 0.600. The number of fused-ring (bicyclic) bond motifs is 1. The van der Waals surface area contributed by atoms with Crippen LogP contribution in [0.25, 0.3) is 5.57 Å². The van der Waals surface area contributed by atoms with Gasteiger partial charge in [-0.1, -0.05) is 12.5 Å². The summed E-state index contributed by atoms with van der Waals surface area (Å²) >= 11 is 1.94. The van der Waals surface area contributed by atoms with Crippen LogP contribution in [-0.4, -0.2) is 24.5 Å². The standard InChI is InChI=1S/C15H21NS/c1-2-9-16(10-3-1)11-7-13-5-4-6-15-14(13)8-12-17-15/h7-8,12H,1-6,9-11H2. The normalized spacial score (nSPS) is 23.9. The van der Waals surface area contributed by atoms with Crippen LogP contribution in [0.3, 0.4) is 0 Å². The van der Waals surface area contributed by atoms with Crippen LogP contribution in [0.15, 0.2) is 17.5 Å². The minimum absolute atomic E-state index is 1.17. The summed E-state index contributed by atoms with van der Waals surface area (Å²) in [5, 5.41) is 2.25. The summed E-state index contributed by atoms with van der Waals surface area (Å²) in [5.74, 6) is 0. The molecular weight excluding hydrogens is 226 g/mol. The Morgan fingerprint density at radius 1 is 1.12 bits per heavy atom. The molecule has 17 heavy (non-hydrogen) atoms. The van der Waals surface area contributed by atoms with Crippen LogP contribution in [0.2, 0.25) is 0 Å². The predicted octanol–water partition coefficient (Wildman–Crippen LogP) is 3.95. The first-order chi connectivity index (χ1) is 8.43. The number of thiophene rings is 1. The summed E-state index contributed by atoms with van der Waals surface area (Å²) < 4.78 is 0. The summed E-state index contributed by atoms with van der Waals surface area (Å²) in [4.78, 5) is 4.22. The van der Waals surface area contributed by atoms with Gasteiger partial charge in [0.15, 0.2) is 0 Å². The van der Waals surface area contributed by atoms with Gasteiger partial charge in [0.05, 0.1) is 0 Å². The Bertz CT molecular complexity index is 399. The van der Waals surface area contributed by atoms with Gasteiger partial charge in [-0.05, 0) is 67.8 Å². The number of hydrogen-bond donors (Lipinski definition) is 0. The van der Waals surface area contributed by atoms with E-state index in [2.05, 4.69) is 22.4 Å². The van der Waals surface area contributed by atoms with E-state index in [0.717, 1.165) is 0 Å². The topological polar surface area (TPSA) is 3.24 Å². The van der Waals surface area contributed by atoms with E-state index in [9.17, 15) is 0 Å². The molecule has 0 amide bonds. The van der Waals surface area contributed by atoms with Gasteiger partial charge in [-0.3, -0.25) is 4.90 Å². The minimum Gasteiger partial charge on any atom is -0.300 e. The predicted molar refractivity (Wildman–Crippen MR) is 75.5 cm³/mol. The van der Waals surface area contributed by atoms with Crippen LogP contribution in [-0.2, 0) is 6.42 Å². The molecule has 1 saturated heterocycles. The fourth-order valence-electron chi connectivity index (χ4n) is 2.99. The van der Waals surface area contributed by atoms with Crippen molar-refractivity contribution in [1.29, 1.82) is 0 Å². The van der Waals surface area contributed by atoms with Gasteiger partial charge < -0.3 is 0 Å². The minimum atomic E-state index is 1.17. The molecule has 2 heterocycles. The van der Waals surface area contributed by atoms with Gasteiger partial charge in [-0.15, -0.1) is 11.3 Å². The summed E-state index contributed by atoms with van der Waals surface area (Å²) in [6, 6.07) is 2.32. The van der Waals surface area contributed by atoms with Crippen molar-refractivity contribution in [2.75, 3.05) is 19.6 Å². The second-order valence-electron chi connectivity index (χ2n) is 5.20. The van der Waals surface area contributed by atoms with Crippen molar-refractivity contribution < 1.29 is 0 Å². The number of hydrogen-bond acceptors (Lipinski definition) is 2. The zero-order valence-electron chi connectivity index (χ0n) is 10.5. The number of piperidine rings is 1. The molecule has 3 rings (SSSR count). The maximum absolute atomic E-state index is 2.61. The number of aryl methyl sites for hydroxylation is 1. The van der Waals surface area contributed by atoms with Gasteiger partial charge in [0.2, 0.25) is 0 Å². The molecule has 0 saturated carbocycles. The van der Waals surface area contributed by atoms with Crippen molar-refractivity contribution in [1.82, 2.24) is 4.90 Å². The van der Waals surface area contributed by atoms with E-state index in [0.29, 0.717) is 0 Å². The van der Waals surface area contributed by atoms with Gasteiger partial charge in [-0.25, -0.2) is 0 Å². The summed E-state index contributed by atoms with van der Waals surface area (Å²) in [6.07, 6.45) is 10.7. The Balaban J connectivity index is 1.68. The van der Waals surface area contributed by atoms with Crippen molar-refractivity contribution >= 4 is 16.9 Å². The molecule has 1 nitrogen and oxygen atoms in total. The Labute approximate surface area is 108 Å². The molecule has 92 valence electrons. The van der Waals surface area contributed by atoms with Crippen LogP contribution in [0.4, 0.5) is 0 Å². The maximum atomic E-state index is 2.61. The highest BCUT2D eigenvalue weighted by molar-refractivity contribution is 7.10. The van der Waals surface area contributed by atoms with Crippen LogP contribution in [0.1, 0.15) is 42.5 Å². The highest BCUT2D eigenvalue weighted by atomic mass is 32.1. The van der Waals surface area contributed by atoms with Crippen LogP contribution in [0, 0.1) is 0 Å². The summed E-state index contributed by atoms with van der Waals surface area (Å²) in [7, 11) is 0. The number of allylic oxidation sites excluding steroid dienone is 1. The average Bonchev–Trinajstić information content (AvgIpc) is 2.86. The number of likely N-dealkylation sites (tertiary alicyclic amines) is 1. The third-order valence-electron chi connectivity index (χ3n) is 3.99. The Kier molecular flexibility index (Phi) is 3.62. The molecule has 2 aliphatic rings. The SMILES string of the molecule is C(CN1CCCCC1)=C1CCCc2sccc21. The average molecular weight is 247 g/mol. The van der Waals surface area contributed by atoms with Crippen LogP contribution >= 0.6 is 11.3 Å².